The smallest absolute Gasteiger partial charge is 0.142 e. The van der Waals surface area contributed by atoms with Gasteiger partial charge in [-0.05, 0) is 54.8 Å². The highest BCUT2D eigenvalue weighted by Crippen LogP contribution is 2.40. The normalized spacial score (nSPS) is 28.4. The number of benzene rings is 1. The van der Waals surface area contributed by atoms with Gasteiger partial charge in [0.1, 0.15) is 5.82 Å². The molecule has 2 rings (SSSR count). The molecule has 0 saturated heterocycles. The van der Waals surface area contributed by atoms with Gasteiger partial charge in [0.25, 0.3) is 0 Å². The van der Waals surface area contributed by atoms with Crippen molar-refractivity contribution in [2.75, 3.05) is 6.54 Å². The van der Waals surface area contributed by atoms with Crippen molar-refractivity contribution in [2.24, 2.45) is 17.8 Å². The molecule has 112 valence electrons. The summed E-state index contributed by atoms with van der Waals surface area (Å²) in [7, 11) is 0. The molecule has 1 saturated carbocycles. The average Bonchev–Trinajstić information content (AvgIpc) is 2.43. The van der Waals surface area contributed by atoms with Crippen LogP contribution in [0.15, 0.2) is 18.2 Å². The van der Waals surface area contributed by atoms with Crippen molar-refractivity contribution in [3.8, 4) is 0 Å². The van der Waals surface area contributed by atoms with E-state index in [9.17, 15) is 4.39 Å². The summed E-state index contributed by atoms with van der Waals surface area (Å²) in [6, 6.07) is 5.47. The van der Waals surface area contributed by atoms with Gasteiger partial charge in [-0.3, -0.25) is 0 Å². The van der Waals surface area contributed by atoms with Gasteiger partial charge in [-0.25, -0.2) is 4.39 Å². The monoisotopic (exact) mass is 297 g/mol. The maximum atomic E-state index is 13.7. The molecule has 1 aliphatic carbocycles. The van der Waals surface area contributed by atoms with Gasteiger partial charge in [0.2, 0.25) is 0 Å². The minimum atomic E-state index is -0.315. The van der Waals surface area contributed by atoms with E-state index in [1.54, 1.807) is 12.1 Å². The first kappa shape index (κ1) is 15.8. The molecule has 3 heteroatoms. The second kappa shape index (κ2) is 6.91. The summed E-state index contributed by atoms with van der Waals surface area (Å²) in [6.07, 6.45) is 3.69. The maximum Gasteiger partial charge on any atom is 0.142 e. The standard InChI is InChI=1S/C17H25ClFN/c1-4-20-17(13-6-5-11(2)12(3)9-13)14-7-8-15(18)16(19)10-14/h7-8,10-13,17,20H,4-6,9H2,1-3H3. The van der Waals surface area contributed by atoms with Gasteiger partial charge in [0.15, 0.2) is 0 Å². The van der Waals surface area contributed by atoms with E-state index in [1.807, 2.05) is 6.07 Å². The van der Waals surface area contributed by atoms with Gasteiger partial charge in [-0.1, -0.05) is 44.9 Å². The molecule has 0 spiro atoms. The Balaban J connectivity index is 2.19. The summed E-state index contributed by atoms with van der Waals surface area (Å²) in [5.41, 5.74) is 1.03. The second-order valence-corrected chi connectivity index (χ2v) is 6.64. The van der Waals surface area contributed by atoms with Crippen LogP contribution in [0.1, 0.15) is 51.6 Å². The van der Waals surface area contributed by atoms with E-state index in [-0.39, 0.29) is 16.9 Å². The molecule has 1 aromatic rings. The van der Waals surface area contributed by atoms with Gasteiger partial charge < -0.3 is 5.32 Å². The summed E-state index contributed by atoms with van der Waals surface area (Å²) in [5, 5.41) is 3.74. The molecule has 1 N–H and O–H groups in total. The van der Waals surface area contributed by atoms with Crippen LogP contribution in [0, 0.1) is 23.6 Å². The van der Waals surface area contributed by atoms with E-state index in [0.29, 0.717) is 5.92 Å². The summed E-state index contributed by atoms with van der Waals surface area (Å²) in [5.74, 6) is 1.81. The molecule has 20 heavy (non-hydrogen) atoms. The highest BCUT2D eigenvalue weighted by Gasteiger charge is 2.30. The zero-order chi connectivity index (χ0) is 14.7. The molecule has 1 fully saturated rings. The number of rotatable bonds is 4. The van der Waals surface area contributed by atoms with Crippen LogP contribution in [0.25, 0.3) is 0 Å². The molecule has 1 aromatic carbocycles. The fourth-order valence-corrected chi connectivity index (χ4v) is 3.49. The van der Waals surface area contributed by atoms with Crippen molar-refractivity contribution in [2.45, 2.75) is 46.1 Å². The Kier molecular flexibility index (Phi) is 5.45. The lowest BCUT2D eigenvalue weighted by atomic mass is 9.72. The Morgan fingerprint density at radius 2 is 2.05 bits per heavy atom. The molecule has 4 unspecified atom stereocenters. The van der Waals surface area contributed by atoms with Crippen LogP contribution in [-0.2, 0) is 0 Å². The SMILES string of the molecule is CCNC(c1ccc(Cl)c(F)c1)C1CCC(C)C(C)C1. The molecular weight excluding hydrogens is 273 g/mol. The van der Waals surface area contributed by atoms with Crippen LogP contribution >= 0.6 is 11.6 Å². The van der Waals surface area contributed by atoms with E-state index < -0.39 is 0 Å². The predicted molar refractivity (Wildman–Crippen MR) is 83.5 cm³/mol. The van der Waals surface area contributed by atoms with Gasteiger partial charge in [0.05, 0.1) is 5.02 Å². The Labute approximate surface area is 126 Å². The average molecular weight is 298 g/mol. The van der Waals surface area contributed by atoms with Crippen LogP contribution in [-0.4, -0.2) is 6.54 Å². The summed E-state index contributed by atoms with van der Waals surface area (Å²) < 4.78 is 13.7. The lowest BCUT2D eigenvalue weighted by Gasteiger charge is -2.37. The zero-order valence-corrected chi connectivity index (χ0v) is 13.4. The third kappa shape index (κ3) is 3.53. The molecule has 0 aliphatic heterocycles. The summed E-state index contributed by atoms with van der Waals surface area (Å²) in [4.78, 5) is 0. The Bertz CT molecular complexity index is 449. The number of nitrogens with one attached hydrogen (secondary N) is 1. The molecule has 4 atom stereocenters. The molecule has 0 heterocycles. The van der Waals surface area contributed by atoms with Crippen LogP contribution < -0.4 is 5.32 Å². The van der Waals surface area contributed by atoms with E-state index in [1.165, 1.54) is 19.3 Å². The van der Waals surface area contributed by atoms with Crippen LogP contribution in [0.4, 0.5) is 4.39 Å². The topological polar surface area (TPSA) is 12.0 Å². The van der Waals surface area contributed by atoms with E-state index in [0.717, 1.165) is 23.9 Å². The highest BCUT2D eigenvalue weighted by molar-refractivity contribution is 6.30. The number of hydrogen-bond donors (Lipinski definition) is 1. The van der Waals surface area contributed by atoms with Crippen LogP contribution in [0.3, 0.4) is 0 Å². The minimum Gasteiger partial charge on any atom is -0.310 e. The molecule has 0 radical (unpaired) electrons. The molecule has 0 amide bonds. The van der Waals surface area contributed by atoms with Crippen molar-refractivity contribution >= 4 is 11.6 Å². The predicted octanol–water partition coefficient (Wildman–Crippen LogP) is 5.20. The van der Waals surface area contributed by atoms with Crippen molar-refractivity contribution in [1.82, 2.24) is 5.32 Å². The van der Waals surface area contributed by atoms with E-state index in [2.05, 4.69) is 26.1 Å². The maximum absolute atomic E-state index is 13.7. The van der Waals surface area contributed by atoms with Crippen molar-refractivity contribution in [3.63, 3.8) is 0 Å². The van der Waals surface area contributed by atoms with Gasteiger partial charge in [-0.15, -0.1) is 0 Å². The Hall–Kier alpha value is -0.600. The first-order valence-electron chi connectivity index (χ1n) is 7.71. The zero-order valence-electron chi connectivity index (χ0n) is 12.6. The minimum absolute atomic E-state index is 0.203. The summed E-state index contributed by atoms with van der Waals surface area (Å²) >= 11 is 5.80. The molecule has 1 aliphatic rings. The number of hydrogen-bond acceptors (Lipinski definition) is 1. The highest BCUT2D eigenvalue weighted by atomic mass is 35.5. The van der Waals surface area contributed by atoms with Crippen LogP contribution in [0.2, 0.25) is 5.02 Å². The number of halogens is 2. The lowest BCUT2D eigenvalue weighted by molar-refractivity contribution is 0.172. The largest absolute Gasteiger partial charge is 0.310 e. The van der Waals surface area contributed by atoms with E-state index >= 15 is 0 Å². The van der Waals surface area contributed by atoms with Crippen molar-refractivity contribution < 1.29 is 4.39 Å². The van der Waals surface area contributed by atoms with Crippen molar-refractivity contribution in [3.05, 3.63) is 34.6 Å². The third-order valence-corrected chi connectivity index (χ3v) is 5.14. The lowest BCUT2D eigenvalue weighted by Crippen LogP contribution is -2.33. The fourth-order valence-electron chi connectivity index (χ4n) is 3.37. The van der Waals surface area contributed by atoms with Gasteiger partial charge in [0, 0.05) is 6.04 Å². The second-order valence-electron chi connectivity index (χ2n) is 6.24. The first-order valence-corrected chi connectivity index (χ1v) is 8.09. The van der Waals surface area contributed by atoms with Gasteiger partial charge in [-0.2, -0.15) is 0 Å². The van der Waals surface area contributed by atoms with E-state index in [4.69, 9.17) is 11.6 Å². The molecular formula is C17H25ClFN. The van der Waals surface area contributed by atoms with Crippen molar-refractivity contribution in [1.29, 1.82) is 0 Å². The molecule has 0 aromatic heterocycles. The first-order chi connectivity index (χ1) is 9.52. The molecule has 0 bridgehead atoms. The Morgan fingerprint density at radius 3 is 2.65 bits per heavy atom. The van der Waals surface area contributed by atoms with Crippen LogP contribution in [0.5, 0.6) is 0 Å². The summed E-state index contributed by atoms with van der Waals surface area (Å²) in [6.45, 7) is 7.68. The van der Waals surface area contributed by atoms with Gasteiger partial charge >= 0.3 is 0 Å². The third-order valence-electron chi connectivity index (χ3n) is 4.84. The Morgan fingerprint density at radius 1 is 1.30 bits per heavy atom. The molecule has 1 nitrogen and oxygen atoms in total. The quantitative estimate of drug-likeness (QED) is 0.805. The fraction of sp³-hybridized carbons (Fsp3) is 0.647.